The minimum Gasteiger partial charge on any atom is -0.460 e. The van der Waals surface area contributed by atoms with Gasteiger partial charge in [0, 0.05) is 5.57 Å². The third-order valence-electron chi connectivity index (χ3n) is 1.78. The summed E-state index contributed by atoms with van der Waals surface area (Å²) < 4.78 is 25.2. The van der Waals surface area contributed by atoms with Crippen LogP contribution in [0, 0.1) is 0 Å². The Kier molecular flexibility index (Phi) is 12.2. The van der Waals surface area contributed by atoms with Gasteiger partial charge in [-0.15, -0.1) is 0 Å². The molecule has 0 aromatic heterocycles. The highest BCUT2D eigenvalue weighted by atomic mass is 28.4. The lowest BCUT2D eigenvalue weighted by Gasteiger charge is -2.23. The number of carbonyl (C=O) groups is 1. The lowest BCUT2D eigenvalue weighted by atomic mass is 10.4. The maximum Gasteiger partial charge on any atom is 0.764 e. The Morgan fingerprint density at radius 3 is 1.73 bits per heavy atom. The molecule has 0 fully saturated rings. The molecule has 0 heterocycles. The van der Waals surface area contributed by atoms with Gasteiger partial charge in [0.15, 0.2) is 0 Å². The number of rotatable bonds is 14. The number of hydrogen-bond acceptors (Lipinski definition) is 9. The van der Waals surface area contributed by atoms with Gasteiger partial charge in [0.25, 0.3) is 0 Å². The van der Waals surface area contributed by atoms with Crippen molar-refractivity contribution in [1.82, 2.24) is 0 Å². The Labute approximate surface area is 131 Å². The molecule has 0 N–H and O–H groups in total. The summed E-state index contributed by atoms with van der Waals surface area (Å²) in [7, 11) is -3.84. The van der Waals surface area contributed by atoms with Crippen LogP contribution >= 0.6 is 0 Å². The fourth-order valence-electron chi connectivity index (χ4n) is 0.931. The van der Waals surface area contributed by atoms with Crippen LogP contribution in [0.4, 0.5) is 0 Å². The first-order valence-corrected chi connectivity index (χ1v) is 8.53. The highest BCUT2D eigenvalue weighted by Crippen LogP contribution is 2.14. The zero-order valence-electron chi connectivity index (χ0n) is 13.4. The predicted molar refractivity (Wildman–Crippen MR) is 75.6 cm³/mol. The summed E-state index contributed by atoms with van der Waals surface area (Å²) in [5.74, 6) is -0.530. The number of ether oxygens (including phenoxy) is 1. The zero-order chi connectivity index (χ0) is 16.8. The summed E-state index contributed by atoms with van der Waals surface area (Å²) in [5.41, 5.74) is 0.283. The number of carbonyl (C=O) groups excluding carboxylic acids is 1. The van der Waals surface area contributed by atoms with Crippen molar-refractivity contribution in [2.24, 2.45) is 0 Å². The Bertz CT molecular complexity index is 302. The van der Waals surface area contributed by atoms with E-state index in [4.69, 9.17) is 37.6 Å². The summed E-state index contributed by atoms with van der Waals surface area (Å²) in [6.07, 6.45) is 0. The molecule has 0 saturated heterocycles. The summed E-state index contributed by atoms with van der Waals surface area (Å²) in [6, 6.07) is 0. The van der Waals surface area contributed by atoms with Crippen molar-refractivity contribution in [3.05, 3.63) is 12.2 Å². The molecule has 0 aliphatic rings. The van der Waals surface area contributed by atoms with Gasteiger partial charge in [-0.1, -0.05) is 6.58 Å². The molecule has 0 aromatic carbocycles. The number of esters is 1. The molecule has 22 heavy (non-hydrogen) atoms. The van der Waals surface area contributed by atoms with Crippen molar-refractivity contribution in [2.75, 3.05) is 33.0 Å². The first-order valence-electron chi connectivity index (χ1n) is 6.89. The van der Waals surface area contributed by atoms with Crippen LogP contribution < -0.4 is 0 Å². The molecule has 130 valence electrons. The molecule has 0 atom stereocenters. The van der Waals surface area contributed by atoms with E-state index in [0.717, 1.165) is 0 Å². The molecule has 0 rings (SSSR count). The van der Waals surface area contributed by atoms with E-state index in [1.165, 1.54) is 6.92 Å². The van der Waals surface area contributed by atoms with Crippen LogP contribution in [-0.2, 0) is 42.4 Å². The summed E-state index contributed by atoms with van der Waals surface area (Å²) in [4.78, 5) is 25.7. The van der Waals surface area contributed by atoms with Gasteiger partial charge in [0.1, 0.15) is 6.61 Å². The maximum absolute atomic E-state index is 11.2. The molecule has 0 amide bonds. The quantitative estimate of drug-likeness (QED) is 0.116. The van der Waals surface area contributed by atoms with Gasteiger partial charge < -0.3 is 9.16 Å². The van der Waals surface area contributed by atoms with E-state index in [1.807, 2.05) is 0 Å². The molecule has 0 radical (unpaired) electrons. The van der Waals surface area contributed by atoms with Crippen molar-refractivity contribution in [3.63, 3.8) is 0 Å². The van der Waals surface area contributed by atoms with Crippen LogP contribution in [0.25, 0.3) is 0 Å². The predicted octanol–water partition coefficient (Wildman–Crippen LogP) is 1.46. The lowest BCUT2D eigenvalue weighted by molar-refractivity contribution is -0.386. The molecule has 9 nitrogen and oxygen atoms in total. The third-order valence-corrected chi connectivity index (χ3v) is 3.30. The van der Waals surface area contributed by atoms with Crippen LogP contribution in [0.2, 0.25) is 0 Å². The van der Waals surface area contributed by atoms with Gasteiger partial charge in [-0.3, -0.25) is 0 Å². The average Bonchev–Trinajstić information content (AvgIpc) is 2.52. The first kappa shape index (κ1) is 21.1. The second-order valence-electron chi connectivity index (χ2n) is 3.73. The van der Waals surface area contributed by atoms with Crippen LogP contribution in [-0.4, -0.2) is 48.1 Å². The highest BCUT2D eigenvalue weighted by Gasteiger charge is 2.52. The molecule has 10 heteroatoms. The monoisotopic (exact) mass is 340 g/mol. The smallest absolute Gasteiger partial charge is 0.460 e. The lowest BCUT2D eigenvalue weighted by Crippen LogP contribution is -2.50. The fourth-order valence-corrected chi connectivity index (χ4v) is 2.28. The van der Waals surface area contributed by atoms with Crippen LogP contribution in [0.15, 0.2) is 12.2 Å². The van der Waals surface area contributed by atoms with E-state index >= 15 is 0 Å². The van der Waals surface area contributed by atoms with Crippen molar-refractivity contribution in [2.45, 2.75) is 27.7 Å². The van der Waals surface area contributed by atoms with Gasteiger partial charge in [-0.2, -0.15) is 13.7 Å². The fraction of sp³-hybridized carbons (Fsp3) is 0.750. The molecule has 0 spiro atoms. The molecule has 0 bridgehead atoms. The topological polar surface area (TPSA) is 90.9 Å². The van der Waals surface area contributed by atoms with E-state index in [-0.39, 0.29) is 38.6 Å². The largest absolute Gasteiger partial charge is 0.764 e. The third kappa shape index (κ3) is 9.22. The Hall–Kier alpha value is -0.853. The molecular weight excluding hydrogens is 316 g/mol. The summed E-state index contributed by atoms with van der Waals surface area (Å²) in [6.45, 7) is 10.7. The Morgan fingerprint density at radius 1 is 0.909 bits per heavy atom. The van der Waals surface area contributed by atoms with Gasteiger partial charge in [0.05, 0.1) is 26.4 Å². The summed E-state index contributed by atoms with van der Waals surface area (Å²) >= 11 is 0. The molecule has 0 unspecified atom stereocenters. The van der Waals surface area contributed by atoms with Gasteiger partial charge in [-0.05, 0) is 27.7 Å². The Morgan fingerprint density at radius 2 is 1.36 bits per heavy atom. The van der Waals surface area contributed by atoms with Crippen molar-refractivity contribution in [1.29, 1.82) is 0 Å². The van der Waals surface area contributed by atoms with E-state index in [2.05, 4.69) is 6.58 Å². The van der Waals surface area contributed by atoms with Crippen molar-refractivity contribution >= 4 is 15.0 Å². The molecule has 0 aromatic rings. The maximum atomic E-state index is 11.2. The van der Waals surface area contributed by atoms with Crippen molar-refractivity contribution < 1.29 is 42.4 Å². The second kappa shape index (κ2) is 12.7. The molecule has 0 saturated carbocycles. The SMILES string of the molecule is C=C(C)C(=O)OCCO[Si](OOCC)(OOCC)OOCC. The molecule has 0 aliphatic carbocycles. The minimum absolute atomic E-state index is 0.0547. The van der Waals surface area contributed by atoms with Crippen LogP contribution in [0.3, 0.4) is 0 Å². The van der Waals surface area contributed by atoms with E-state index in [0.29, 0.717) is 0 Å². The van der Waals surface area contributed by atoms with Gasteiger partial charge in [0.2, 0.25) is 0 Å². The highest BCUT2D eigenvalue weighted by molar-refractivity contribution is 6.52. The van der Waals surface area contributed by atoms with E-state index in [1.54, 1.807) is 20.8 Å². The Balaban J connectivity index is 4.50. The molecular formula is C12H24O9Si. The van der Waals surface area contributed by atoms with E-state index < -0.39 is 15.0 Å². The van der Waals surface area contributed by atoms with Crippen LogP contribution in [0.1, 0.15) is 27.7 Å². The summed E-state index contributed by atoms with van der Waals surface area (Å²) in [5, 5.41) is 0. The van der Waals surface area contributed by atoms with Crippen molar-refractivity contribution in [3.8, 4) is 0 Å². The molecule has 0 aliphatic heterocycles. The average molecular weight is 340 g/mol. The standard InChI is InChI=1S/C12H24O9Si/c1-6-15-19-22(20-16-7-2,21-17-8-3)18-10-9-14-12(13)11(4)5/h4,6-10H2,1-3,5H3. The minimum atomic E-state index is -3.84. The first-order chi connectivity index (χ1) is 10.5. The van der Waals surface area contributed by atoms with Crippen LogP contribution in [0.5, 0.6) is 0 Å². The zero-order valence-corrected chi connectivity index (χ0v) is 14.4. The number of hydrogen-bond donors (Lipinski definition) is 0. The van der Waals surface area contributed by atoms with Gasteiger partial charge in [-0.25, -0.2) is 19.5 Å². The normalized spacial score (nSPS) is 11.5. The second-order valence-corrected chi connectivity index (χ2v) is 5.52. The van der Waals surface area contributed by atoms with Gasteiger partial charge >= 0.3 is 15.0 Å². The van der Waals surface area contributed by atoms with E-state index in [9.17, 15) is 4.79 Å².